The van der Waals surface area contributed by atoms with Crippen LogP contribution in [0.15, 0.2) is 60.7 Å². The lowest BCUT2D eigenvalue weighted by Gasteiger charge is -2.16. The van der Waals surface area contributed by atoms with Crippen LogP contribution in [0.2, 0.25) is 0 Å². The van der Waals surface area contributed by atoms with Crippen molar-refractivity contribution in [2.45, 2.75) is 58.8 Å². The highest BCUT2D eigenvalue weighted by atomic mass is 19.1. The van der Waals surface area contributed by atoms with E-state index >= 15 is 4.39 Å². The number of fused-ring (bicyclic) bond motifs is 1. The molecule has 194 valence electrons. The zero-order chi connectivity index (χ0) is 26.4. The molecule has 0 spiro atoms. The van der Waals surface area contributed by atoms with Crippen molar-refractivity contribution in [3.63, 3.8) is 0 Å². The molecule has 0 aliphatic rings. The summed E-state index contributed by atoms with van der Waals surface area (Å²) >= 11 is 0. The van der Waals surface area contributed by atoms with Gasteiger partial charge in [0.1, 0.15) is 23.1 Å². The molecule has 0 radical (unpaired) electrons. The van der Waals surface area contributed by atoms with E-state index in [1.165, 1.54) is 38.2 Å². The maximum atomic E-state index is 15.3. The Morgan fingerprint density at radius 1 is 0.595 bits per heavy atom. The molecule has 0 fully saturated rings. The van der Waals surface area contributed by atoms with Crippen LogP contribution < -0.4 is 9.47 Å². The summed E-state index contributed by atoms with van der Waals surface area (Å²) in [5, 5.41) is 1.72. The van der Waals surface area contributed by atoms with E-state index in [0.29, 0.717) is 33.8 Å². The van der Waals surface area contributed by atoms with Crippen molar-refractivity contribution in [1.29, 1.82) is 0 Å². The first-order chi connectivity index (χ1) is 17.9. The largest absolute Gasteiger partial charge is 0.496 e. The standard InChI is InChI=1S/C33H36F2O2/c1-5-6-7-8-9-10-11-23-13-15-27(31(35)17-23)29-19-25-20-32(36-3)28(18-24(25)21-33(29)37-4)26-14-12-22(2)16-30(26)34/h12-21H,5-11H2,1-4H3. The molecule has 4 heteroatoms. The topological polar surface area (TPSA) is 18.5 Å². The van der Waals surface area contributed by atoms with Gasteiger partial charge in [0.05, 0.1) is 14.2 Å². The van der Waals surface area contributed by atoms with Gasteiger partial charge in [-0.2, -0.15) is 0 Å². The first-order valence-electron chi connectivity index (χ1n) is 13.2. The molecule has 2 nitrogen and oxygen atoms in total. The third kappa shape index (κ3) is 6.12. The molecule has 0 amide bonds. The van der Waals surface area contributed by atoms with Crippen LogP contribution in [0, 0.1) is 18.6 Å². The second kappa shape index (κ2) is 12.2. The summed E-state index contributed by atoms with van der Waals surface area (Å²) in [5.41, 5.74) is 4.18. The second-order valence-corrected chi connectivity index (χ2v) is 9.77. The molecule has 0 bridgehead atoms. The van der Waals surface area contributed by atoms with Crippen LogP contribution in [-0.4, -0.2) is 14.2 Å². The Kier molecular flexibility index (Phi) is 8.81. The summed E-state index contributed by atoms with van der Waals surface area (Å²) in [6.45, 7) is 4.08. The fourth-order valence-electron chi connectivity index (χ4n) is 4.95. The summed E-state index contributed by atoms with van der Waals surface area (Å²) in [7, 11) is 3.16. The molecular weight excluding hydrogens is 466 g/mol. The zero-order valence-corrected chi connectivity index (χ0v) is 22.3. The van der Waals surface area contributed by atoms with Crippen molar-refractivity contribution < 1.29 is 18.3 Å². The Labute approximate surface area is 219 Å². The third-order valence-corrected chi connectivity index (χ3v) is 7.03. The third-order valence-electron chi connectivity index (χ3n) is 7.03. The van der Waals surface area contributed by atoms with Crippen molar-refractivity contribution >= 4 is 10.8 Å². The van der Waals surface area contributed by atoms with E-state index in [9.17, 15) is 4.39 Å². The predicted octanol–water partition coefficient (Wildman–Crippen LogP) is 9.68. The number of methoxy groups -OCH3 is 2. The lowest BCUT2D eigenvalue weighted by molar-refractivity contribution is 0.415. The van der Waals surface area contributed by atoms with Gasteiger partial charge in [0.25, 0.3) is 0 Å². The maximum absolute atomic E-state index is 15.3. The molecule has 0 heterocycles. The number of benzene rings is 4. The zero-order valence-electron chi connectivity index (χ0n) is 22.3. The van der Waals surface area contributed by atoms with Gasteiger partial charge in [0, 0.05) is 22.3 Å². The Balaban J connectivity index is 1.66. The predicted molar refractivity (Wildman–Crippen MR) is 150 cm³/mol. The van der Waals surface area contributed by atoms with E-state index in [0.717, 1.165) is 34.7 Å². The Morgan fingerprint density at radius 3 is 1.68 bits per heavy atom. The Hall–Kier alpha value is -3.40. The highest BCUT2D eigenvalue weighted by Gasteiger charge is 2.17. The fraction of sp³-hybridized carbons (Fsp3) is 0.333. The van der Waals surface area contributed by atoms with E-state index in [1.54, 1.807) is 26.4 Å². The molecule has 0 atom stereocenters. The average Bonchev–Trinajstić information content (AvgIpc) is 2.89. The van der Waals surface area contributed by atoms with Crippen LogP contribution in [0.3, 0.4) is 0 Å². The molecule has 0 aliphatic heterocycles. The molecule has 4 aromatic rings. The summed E-state index contributed by atoms with van der Waals surface area (Å²) in [4.78, 5) is 0. The number of rotatable bonds is 11. The highest BCUT2D eigenvalue weighted by Crippen LogP contribution is 2.41. The van der Waals surface area contributed by atoms with E-state index in [2.05, 4.69) is 6.92 Å². The number of aryl methyl sites for hydroxylation is 2. The minimum atomic E-state index is -0.302. The van der Waals surface area contributed by atoms with Crippen LogP contribution in [0.1, 0.15) is 56.6 Å². The Bertz CT molecular complexity index is 1380. The van der Waals surface area contributed by atoms with Gasteiger partial charge in [-0.15, -0.1) is 0 Å². The van der Waals surface area contributed by atoms with Crippen LogP contribution in [0.5, 0.6) is 11.5 Å². The molecule has 0 saturated carbocycles. The molecule has 4 rings (SSSR count). The summed E-state index contributed by atoms with van der Waals surface area (Å²) in [6.07, 6.45) is 8.18. The summed E-state index contributed by atoms with van der Waals surface area (Å²) in [5.74, 6) is 0.562. The molecule has 0 aliphatic carbocycles. The molecule has 0 saturated heterocycles. The van der Waals surface area contributed by atoms with E-state index in [1.807, 2.05) is 49.4 Å². The van der Waals surface area contributed by atoms with Crippen LogP contribution >= 0.6 is 0 Å². The normalized spacial score (nSPS) is 11.2. The van der Waals surface area contributed by atoms with Crippen molar-refractivity contribution in [3.05, 3.63) is 83.4 Å². The first kappa shape index (κ1) is 26.7. The van der Waals surface area contributed by atoms with Gasteiger partial charge in [-0.3, -0.25) is 0 Å². The van der Waals surface area contributed by atoms with E-state index < -0.39 is 0 Å². The Morgan fingerprint density at radius 2 is 1.14 bits per heavy atom. The van der Waals surface area contributed by atoms with E-state index in [-0.39, 0.29) is 11.6 Å². The minimum absolute atomic E-state index is 0.258. The van der Waals surface area contributed by atoms with Gasteiger partial charge in [-0.1, -0.05) is 63.3 Å². The number of halogens is 2. The SMILES string of the molecule is CCCCCCCCc1ccc(-c2cc3cc(OC)c(-c4ccc(C)cc4F)cc3cc2OC)c(F)c1. The van der Waals surface area contributed by atoms with E-state index in [4.69, 9.17) is 9.47 Å². The molecule has 0 N–H and O–H groups in total. The van der Waals surface area contributed by atoms with Crippen molar-refractivity contribution in [2.24, 2.45) is 0 Å². The molecule has 37 heavy (non-hydrogen) atoms. The number of ether oxygens (including phenoxy) is 2. The summed E-state index contributed by atoms with van der Waals surface area (Å²) < 4.78 is 41.4. The van der Waals surface area contributed by atoms with Gasteiger partial charge >= 0.3 is 0 Å². The van der Waals surface area contributed by atoms with Gasteiger partial charge in [-0.05, 0) is 78.1 Å². The van der Waals surface area contributed by atoms with Gasteiger partial charge in [0.2, 0.25) is 0 Å². The van der Waals surface area contributed by atoms with Crippen molar-refractivity contribution in [3.8, 4) is 33.8 Å². The molecule has 4 aromatic carbocycles. The quantitative estimate of drug-likeness (QED) is 0.190. The maximum Gasteiger partial charge on any atom is 0.131 e. The smallest absolute Gasteiger partial charge is 0.131 e. The minimum Gasteiger partial charge on any atom is -0.496 e. The number of hydrogen-bond donors (Lipinski definition) is 0. The van der Waals surface area contributed by atoms with Crippen molar-refractivity contribution in [1.82, 2.24) is 0 Å². The first-order valence-corrected chi connectivity index (χ1v) is 13.2. The summed E-state index contributed by atoms with van der Waals surface area (Å²) in [6, 6.07) is 18.2. The fourth-order valence-corrected chi connectivity index (χ4v) is 4.95. The van der Waals surface area contributed by atoms with Crippen LogP contribution in [0.25, 0.3) is 33.0 Å². The van der Waals surface area contributed by atoms with Crippen LogP contribution in [-0.2, 0) is 6.42 Å². The lowest BCUT2D eigenvalue weighted by atomic mass is 9.94. The number of hydrogen-bond acceptors (Lipinski definition) is 2. The van der Waals surface area contributed by atoms with Gasteiger partial charge in [0.15, 0.2) is 0 Å². The van der Waals surface area contributed by atoms with Crippen LogP contribution in [0.4, 0.5) is 8.78 Å². The lowest BCUT2D eigenvalue weighted by Crippen LogP contribution is -1.95. The van der Waals surface area contributed by atoms with Crippen molar-refractivity contribution in [2.75, 3.05) is 14.2 Å². The van der Waals surface area contributed by atoms with Gasteiger partial charge in [-0.25, -0.2) is 8.78 Å². The monoisotopic (exact) mass is 502 g/mol. The molecule has 0 aromatic heterocycles. The average molecular weight is 503 g/mol. The molecular formula is C33H36F2O2. The number of unbranched alkanes of at least 4 members (excludes halogenated alkanes) is 5. The van der Waals surface area contributed by atoms with Gasteiger partial charge < -0.3 is 9.47 Å². The molecule has 0 unspecified atom stereocenters. The second-order valence-electron chi connectivity index (χ2n) is 9.77. The highest BCUT2D eigenvalue weighted by molar-refractivity contribution is 5.95.